The van der Waals surface area contributed by atoms with E-state index in [1.54, 1.807) is 36.4 Å². The minimum absolute atomic E-state index is 0.109. The zero-order valence-corrected chi connectivity index (χ0v) is 19.3. The Hall–Kier alpha value is -1.51. The van der Waals surface area contributed by atoms with Crippen LogP contribution in [0, 0.1) is 5.92 Å². The minimum Gasteiger partial charge on any atom is -0.495 e. The summed E-state index contributed by atoms with van der Waals surface area (Å²) in [6, 6.07) is 9.66. The second-order valence-corrected chi connectivity index (χ2v) is 10.3. The topological polar surface area (TPSA) is 75.7 Å². The minimum atomic E-state index is -3.62. The summed E-state index contributed by atoms with van der Waals surface area (Å²) in [5.41, 5.74) is 0.991. The highest BCUT2D eigenvalue weighted by Crippen LogP contribution is 2.30. The third kappa shape index (κ3) is 5.59. The molecule has 30 heavy (non-hydrogen) atoms. The average Bonchev–Trinajstić information content (AvgIpc) is 2.71. The van der Waals surface area contributed by atoms with E-state index in [9.17, 15) is 13.2 Å². The number of carbonyl (C=O) groups is 1. The van der Waals surface area contributed by atoms with E-state index in [-0.39, 0.29) is 18.2 Å². The van der Waals surface area contributed by atoms with Crippen molar-refractivity contribution in [2.75, 3.05) is 25.5 Å². The van der Waals surface area contributed by atoms with Crippen LogP contribution in [0.1, 0.15) is 18.4 Å². The third-order valence-corrected chi connectivity index (χ3v) is 7.69. The van der Waals surface area contributed by atoms with Gasteiger partial charge in [0.1, 0.15) is 5.75 Å². The predicted octanol–water partition coefficient (Wildman–Crippen LogP) is 4.84. The fourth-order valence-corrected chi connectivity index (χ4v) is 5.44. The number of carbonyl (C=O) groups excluding carboxylic acids is 1. The van der Waals surface area contributed by atoms with E-state index in [1.807, 2.05) is 0 Å². The summed E-state index contributed by atoms with van der Waals surface area (Å²) in [6.45, 7) is 0.478. The number of hydrogen-bond donors (Lipinski definition) is 1. The number of rotatable bonds is 6. The number of ether oxygens (including phenoxy) is 1. The summed E-state index contributed by atoms with van der Waals surface area (Å²) in [7, 11) is -2.12. The van der Waals surface area contributed by atoms with Crippen molar-refractivity contribution in [3.05, 3.63) is 57.0 Å². The fraction of sp³-hybridized carbons (Fsp3) is 0.350. The Morgan fingerprint density at radius 2 is 1.93 bits per heavy atom. The molecule has 0 aliphatic carbocycles. The van der Waals surface area contributed by atoms with Gasteiger partial charge in [0.05, 0.1) is 34.5 Å². The van der Waals surface area contributed by atoms with Crippen LogP contribution in [-0.4, -0.2) is 38.8 Å². The van der Waals surface area contributed by atoms with Crippen LogP contribution >= 0.6 is 34.8 Å². The normalized spacial score (nSPS) is 17.5. The molecule has 1 fully saturated rings. The molecule has 10 heteroatoms. The van der Waals surface area contributed by atoms with Crippen LogP contribution in [-0.2, 0) is 20.6 Å². The van der Waals surface area contributed by atoms with E-state index in [4.69, 9.17) is 39.5 Å². The first-order valence-corrected chi connectivity index (χ1v) is 12.0. The summed E-state index contributed by atoms with van der Waals surface area (Å²) in [6.07, 6.45) is 1.18. The van der Waals surface area contributed by atoms with Crippen molar-refractivity contribution < 1.29 is 17.9 Å². The highest BCUT2D eigenvalue weighted by atomic mass is 35.5. The van der Waals surface area contributed by atoms with Gasteiger partial charge in [-0.1, -0.05) is 40.9 Å². The summed E-state index contributed by atoms with van der Waals surface area (Å²) in [5.74, 6) is -0.482. The standard InChI is InChI=1S/C20H21Cl3N2O4S/c1-29-19-7-5-15(21)10-18(19)24-20(26)14-3-2-8-25(11-14)30(27,28)12-13-4-6-16(22)17(23)9-13/h4-7,9-10,14H,2-3,8,11-12H2,1H3,(H,24,26)/t14-/m1/s1. The highest BCUT2D eigenvalue weighted by molar-refractivity contribution is 7.88. The first-order valence-electron chi connectivity index (χ1n) is 9.26. The van der Waals surface area contributed by atoms with E-state index >= 15 is 0 Å². The number of piperidine rings is 1. The van der Waals surface area contributed by atoms with Gasteiger partial charge in [-0.2, -0.15) is 0 Å². The SMILES string of the molecule is COc1ccc(Cl)cc1NC(=O)[C@@H]1CCCN(S(=O)(=O)Cc2ccc(Cl)c(Cl)c2)C1. The Morgan fingerprint density at radius 1 is 1.17 bits per heavy atom. The van der Waals surface area contributed by atoms with Crippen molar-refractivity contribution in [1.82, 2.24) is 4.31 Å². The maximum atomic E-state index is 12.9. The van der Waals surface area contributed by atoms with Crippen molar-refractivity contribution in [2.45, 2.75) is 18.6 Å². The van der Waals surface area contributed by atoms with E-state index < -0.39 is 15.9 Å². The van der Waals surface area contributed by atoms with Crippen LogP contribution < -0.4 is 10.1 Å². The Bertz CT molecular complexity index is 1050. The highest BCUT2D eigenvalue weighted by Gasteiger charge is 2.32. The average molecular weight is 492 g/mol. The second kappa shape index (κ2) is 9.75. The Morgan fingerprint density at radius 3 is 2.63 bits per heavy atom. The van der Waals surface area contributed by atoms with Gasteiger partial charge in [-0.3, -0.25) is 4.79 Å². The van der Waals surface area contributed by atoms with E-state index in [0.29, 0.717) is 51.5 Å². The summed E-state index contributed by atoms with van der Waals surface area (Å²) >= 11 is 17.9. The number of hydrogen-bond acceptors (Lipinski definition) is 4. The van der Waals surface area contributed by atoms with Crippen molar-refractivity contribution >= 4 is 56.4 Å². The molecular formula is C20H21Cl3N2O4S. The van der Waals surface area contributed by atoms with Gasteiger partial charge in [0.15, 0.2) is 0 Å². The Labute approximate surface area is 191 Å². The molecule has 1 saturated heterocycles. The largest absolute Gasteiger partial charge is 0.495 e. The van der Waals surface area contributed by atoms with Crippen LogP contribution in [0.25, 0.3) is 0 Å². The molecule has 1 aliphatic rings. The molecule has 1 N–H and O–H groups in total. The smallest absolute Gasteiger partial charge is 0.228 e. The number of halogens is 3. The van der Waals surface area contributed by atoms with Gasteiger partial charge in [0, 0.05) is 18.1 Å². The summed E-state index contributed by atoms with van der Waals surface area (Å²) in [4.78, 5) is 12.8. The van der Waals surface area contributed by atoms with Crippen molar-refractivity contribution in [1.29, 1.82) is 0 Å². The molecule has 2 aromatic rings. The van der Waals surface area contributed by atoms with Crippen LogP contribution in [0.2, 0.25) is 15.1 Å². The molecule has 0 radical (unpaired) electrons. The predicted molar refractivity (Wildman–Crippen MR) is 120 cm³/mol. The molecule has 0 saturated carbocycles. The molecule has 0 unspecified atom stereocenters. The van der Waals surface area contributed by atoms with Crippen LogP contribution in [0.15, 0.2) is 36.4 Å². The quantitative estimate of drug-likeness (QED) is 0.627. The number of anilines is 1. The van der Waals surface area contributed by atoms with E-state index in [1.165, 1.54) is 11.4 Å². The molecule has 2 aromatic carbocycles. The molecule has 1 amide bonds. The molecule has 6 nitrogen and oxygen atoms in total. The van der Waals surface area contributed by atoms with Gasteiger partial charge in [-0.05, 0) is 48.7 Å². The molecule has 1 aliphatic heterocycles. The summed E-state index contributed by atoms with van der Waals surface area (Å²) in [5, 5.41) is 3.93. The fourth-order valence-electron chi connectivity index (χ4n) is 3.35. The molecule has 0 aromatic heterocycles. The molecule has 0 bridgehead atoms. The van der Waals surface area contributed by atoms with Crippen LogP contribution in [0.3, 0.4) is 0 Å². The lowest BCUT2D eigenvalue weighted by Gasteiger charge is -2.31. The first-order chi connectivity index (χ1) is 14.2. The molecule has 1 atom stereocenters. The van der Waals surface area contributed by atoms with Gasteiger partial charge < -0.3 is 10.1 Å². The van der Waals surface area contributed by atoms with Gasteiger partial charge >= 0.3 is 0 Å². The first kappa shape index (κ1) is 23.2. The van der Waals surface area contributed by atoms with E-state index in [2.05, 4.69) is 5.32 Å². The summed E-state index contributed by atoms with van der Waals surface area (Å²) < 4.78 is 32.4. The number of benzene rings is 2. The zero-order chi connectivity index (χ0) is 21.9. The molecular weight excluding hydrogens is 471 g/mol. The molecule has 0 spiro atoms. The Balaban J connectivity index is 1.70. The lowest BCUT2D eigenvalue weighted by Crippen LogP contribution is -2.44. The zero-order valence-electron chi connectivity index (χ0n) is 16.2. The number of nitrogens with one attached hydrogen (secondary N) is 1. The number of nitrogens with zero attached hydrogens (tertiary/aromatic N) is 1. The molecule has 3 rings (SSSR count). The van der Waals surface area contributed by atoms with Gasteiger partial charge in [-0.15, -0.1) is 0 Å². The van der Waals surface area contributed by atoms with Gasteiger partial charge in [-0.25, -0.2) is 12.7 Å². The van der Waals surface area contributed by atoms with Crippen molar-refractivity contribution in [2.24, 2.45) is 5.92 Å². The monoisotopic (exact) mass is 490 g/mol. The lowest BCUT2D eigenvalue weighted by atomic mass is 9.98. The maximum Gasteiger partial charge on any atom is 0.228 e. The van der Waals surface area contributed by atoms with Crippen molar-refractivity contribution in [3.63, 3.8) is 0 Å². The molecule has 162 valence electrons. The van der Waals surface area contributed by atoms with E-state index in [0.717, 1.165) is 0 Å². The maximum absolute atomic E-state index is 12.9. The second-order valence-electron chi connectivity index (χ2n) is 7.04. The lowest BCUT2D eigenvalue weighted by molar-refractivity contribution is -0.120. The number of methoxy groups -OCH3 is 1. The molecule has 1 heterocycles. The van der Waals surface area contributed by atoms with Crippen LogP contribution in [0.5, 0.6) is 5.75 Å². The Kier molecular flexibility index (Phi) is 7.52. The van der Waals surface area contributed by atoms with Crippen molar-refractivity contribution in [3.8, 4) is 5.75 Å². The van der Waals surface area contributed by atoms with Crippen LogP contribution in [0.4, 0.5) is 5.69 Å². The van der Waals surface area contributed by atoms with Gasteiger partial charge in [0.2, 0.25) is 15.9 Å². The number of sulfonamides is 1. The number of amides is 1. The third-order valence-electron chi connectivity index (χ3n) is 4.90. The van der Waals surface area contributed by atoms with Gasteiger partial charge in [0.25, 0.3) is 0 Å².